The number of nitrogens with one attached hydrogen (secondary N) is 2. The first-order valence-electron chi connectivity index (χ1n) is 17.0. The van der Waals surface area contributed by atoms with E-state index >= 15 is 0 Å². The van der Waals surface area contributed by atoms with Gasteiger partial charge in [0, 0.05) is 65.2 Å². The number of amides is 4. The molecule has 4 amide bonds. The number of hydrogen-bond donors (Lipinski definition) is 4. The highest BCUT2D eigenvalue weighted by Crippen LogP contribution is 2.63. The summed E-state index contributed by atoms with van der Waals surface area (Å²) in [5, 5.41) is 25.4. The molecule has 4 bridgehead atoms. The third kappa shape index (κ3) is 5.79. The van der Waals surface area contributed by atoms with Gasteiger partial charge >= 0.3 is 22.5 Å². The zero-order chi connectivity index (χ0) is 36.0. The molecule has 4 saturated heterocycles. The minimum atomic E-state index is -4.91. The second kappa shape index (κ2) is 11.7. The number of nitrogens with two attached hydrogens (primary N) is 2. The Balaban J connectivity index is 0.947. The standard InChI is InChI=1S/C30H42N12O8S/c1-37(25(31)32)9-3-17-11-19(35-47-17)21-13-29(5-6-29)23-15-39(21)27(43)41(23)49-51(45,46)50-42-24-16-40(28(42)44)22(14-30(24)7-8-30)20-12-18(48-36-20)4-10-38(2)26(33)34/h11-12,21-24H,3-10,13-16H2,1-2H3,(H3,31,32)(H3,33,34)/t21-,22-,23-,24-/m0/s1. The number of nitrogens with zero attached hydrogens (tertiary/aromatic N) is 8. The van der Waals surface area contributed by atoms with Crippen molar-refractivity contribution < 1.29 is 35.6 Å². The van der Waals surface area contributed by atoms with Gasteiger partial charge in [-0.2, -0.15) is 18.5 Å². The molecule has 2 aliphatic carbocycles. The lowest BCUT2D eigenvalue weighted by molar-refractivity contribution is -0.101. The van der Waals surface area contributed by atoms with E-state index in [4.69, 9.17) is 39.9 Å². The van der Waals surface area contributed by atoms with Crippen molar-refractivity contribution in [1.82, 2.24) is 40.0 Å². The van der Waals surface area contributed by atoms with Gasteiger partial charge in [-0.05, 0) is 49.4 Å². The second-order valence-corrected chi connectivity index (χ2v) is 15.9. The number of aromatic nitrogens is 2. The van der Waals surface area contributed by atoms with Crippen molar-refractivity contribution in [2.24, 2.45) is 22.3 Å². The van der Waals surface area contributed by atoms with Crippen LogP contribution in [0.1, 0.15) is 73.5 Å². The molecule has 20 nitrogen and oxygen atoms in total. The third-order valence-corrected chi connectivity index (χ3v) is 12.4. The number of piperidine rings is 2. The van der Waals surface area contributed by atoms with Crippen molar-refractivity contribution in [3.8, 4) is 0 Å². The molecular formula is C30H42N12O8S. The summed E-state index contributed by atoms with van der Waals surface area (Å²) in [6.07, 6.45) is 5.17. The van der Waals surface area contributed by atoms with Crippen LogP contribution in [0.3, 0.4) is 0 Å². The Kier molecular flexibility index (Phi) is 7.69. The second-order valence-electron chi connectivity index (χ2n) is 14.8. The Morgan fingerprint density at radius 3 is 1.57 bits per heavy atom. The summed E-state index contributed by atoms with van der Waals surface area (Å²) in [6, 6.07) is 0.369. The largest absolute Gasteiger partial charge is 0.442 e. The fraction of sp³-hybridized carbons (Fsp3) is 0.667. The lowest BCUT2D eigenvalue weighted by atomic mass is 9.84. The maximum atomic E-state index is 13.8. The SMILES string of the molecule is CN(CCc1cc([C@@H]2CC3(CC3)[C@@H]3CN2C(=O)N3OS(=O)(=O)ON2C(=O)N3C[C@H]2C2(CC2)C[C@H]3c2cc(CCN(C)C(=N)N)on2)no1)C(=N)N. The average Bonchev–Trinajstić information content (AvgIpc) is 3.80. The number of guanidine groups is 2. The molecule has 2 saturated carbocycles. The van der Waals surface area contributed by atoms with E-state index in [9.17, 15) is 18.0 Å². The number of fused-ring (bicyclic) bond motifs is 6. The molecule has 4 atom stereocenters. The number of carbonyl (C=O) groups excluding carboxylic acids is 2. The summed E-state index contributed by atoms with van der Waals surface area (Å²) in [7, 11) is -1.51. The average molecular weight is 731 g/mol. The van der Waals surface area contributed by atoms with Gasteiger partial charge in [0.15, 0.2) is 11.9 Å². The summed E-state index contributed by atoms with van der Waals surface area (Å²) >= 11 is 0. The predicted molar refractivity (Wildman–Crippen MR) is 174 cm³/mol. The van der Waals surface area contributed by atoms with E-state index in [-0.39, 0.29) is 35.8 Å². The molecule has 51 heavy (non-hydrogen) atoms. The summed E-state index contributed by atoms with van der Waals surface area (Å²) in [5.41, 5.74) is 11.5. The summed E-state index contributed by atoms with van der Waals surface area (Å²) in [6.45, 7) is 1.38. The van der Waals surface area contributed by atoms with Crippen LogP contribution in [0.5, 0.6) is 0 Å². The monoisotopic (exact) mass is 730 g/mol. The summed E-state index contributed by atoms with van der Waals surface area (Å²) in [5.74, 6) is 1.02. The number of urea groups is 2. The molecule has 8 rings (SSSR count). The maximum Gasteiger partial charge on any atom is 0.442 e. The van der Waals surface area contributed by atoms with Gasteiger partial charge in [0.2, 0.25) is 0 Å². The fourth-order valence-corrected chi connectivity index (χ4v) is 8.93. The molecule has 21 heteroatoms. The highest BCUT2D eigenvalue weighted by molar-refractivity contribution is 7.81. The highest BCUT2D eigenvalue weighted by Gasteiger charge is 2.66. The zero-order valence-corrected chi connectivity index (χ0v) is 29.2. The van der Waals surface area contributed by atoms with Crippen molar-refractivity contribution >= 4 is 34.4 Å². The summed E-state index contributed by atoms with van der Waals surface area (Å²) in [4.78, 5) is 33.7. The van der Waals surface area contributed by atoms with Crippen LogP contribution in [0.15, 0.2) is 21.2 Å². The first-order chi connectivity index (χ1) is 24.2. The Morgan fingerprint density at radius 1 is 0.824 bits per heavy atom. The van der Waals surface area contributed by atoms with Crippen LogP contribution in [-0.4, -0.2) is 125 Å². The minimum Gasteiger partial charge on any atom is -0.370 e. The van der Waals surface area contributed by atoms with E-state index in [0.29, 0.717) is 61.7 Å². The smallest absolute Gasteiger partial charge is 0.370 e. The Labute approximate surface area is 293 Å². The molecule has 0 aromatic carbocycles. The van der Waals surface area contributed by atoms with Gasteiger partial charge in [-0.3, -0.25) is 10.8 Å². The fourth-order valence-electron chi connectivity index (χ4n) is 8.17. The molecule has 2 aromatic rings. The Hall–Kier alpha value is -4.63. The van der Waals surface area contributed by atoms with Gasteiger partial charge in [0.1, 0.15) is 22.9 Å². The van der Waals surface area contributed by atoms with Crippen LogP contribution in [0.2, 0.25) is 0 Å². The molecule has 6 fully saturated rings. The lowest BCUT2D eigenvalue weighted by Crippen LogP contribution is -2.45. The van der Waals surface area contributed by atoms with E-state index in [2.05, 4.69) is 10.3 Å². The van der Waals surface area contributed by atoms with Crippen LogP contribution in [0.25, 0.3) is 0 Å². The quantitative estimate of drug-likeness (QED) is 0.175. The van der Waals surface area contributed by atoms with Gasteiger partial charge < -0.3 is 40.1 Å². The van der Waals surface area contributed by atoms with Crippen LogP contribution in [0, 0.1) is 21.6 Å². The lowest BCUT2D eigenvalue weighted by Gasteiger charge is -2.36. The van der Waals surface area contributed by atoms with E-state index < -0.39 is 46.6 Å². The Bertz CT molecular complexity index is 1750. The summed E-state index contributed by atoms with van der Waals surface area (Å²) < 4.78 is 49.1. The number of likely N-dealkylation sites (N-methyl/N-ethyl adjacent to an activating group) is 2. The van der Waals surface area contributed by atoms with E-state index in [0.717, 1.165) is 35.8 Å². The van der Waals surface area contributed by atoms with Crippen LogP contribution in [0.4, 0.5) is 9.59 Å². The van der Waals surface area contributed by atoms with Gasteiger partial charge in [-0.25, -0.2) is 9.59 Å². The van der Waals surface area contributed by atoms with Crippen molar-refractivity contribution in [3.05, 3.63) is 35.0 Å². The zero-order valence-electron chi connectivity index (χ0n) is 28.4. The van der Waals surface area contributed by atoms with Crippen LogP contribution >= 0.6 is 0 Å². The molecule has 2 aromatic heterocycles. The van der Waals surface area contributed by atoms with Crippen molar-refractivity contribution in [1.29, 1.82) is 10.8 Å². The topological polar surface area (TPSA) is 258 Å². The van der Waals surface area contributed by atoms with Gasteiger partial charge in [-0.1, -0.05) is 10.3 Å². The number of carbonyl (C=O) groups is 2. The normalized spacial score (nSPS) is 26.8. The molecular weight excluding hydrogens is 688 g/mol. The molecule has 6 aliphatic rings. The molecule has 4 aliphatic heterocycles. The molecule has 0 radical (unpaired) electrons. The van der Waals surface area contributed by atoms with E-state index in [1.165, 1.54) is 0 Å². The molecule has 6 heterocycles. The van der Waals surface area contributed by atoms with Gasteiger partial charge in [0.05, 0.1) is 24.2 Å². The number of hydroxylamine groups is 4. The molecule has 6 N–H and O–H groups in total. The van der Waals surface area contributed by atoms with E-state index in [1.54, 1.807) is 45.8 Å². The number of hydrogen-bond acceptors (Lipinski definition) is 12. The first-order valence-corrected chi connectivity index (χ1v) is 18.4. The van der Waals surface area contributed by atoms with Crippen LogP contribution in [-0.2, 0) is 31.8 Å². The van der Waals surface area contributed by atoms with Gasteiger partial charge in [-0.15, -0.1) is 8.57 Å². The maximum absolute atomic E-state index is 13.8. The molecule has 276 valence electrons. The third-order valence-electron chi connectivity index (χ3n) is 11.7. The van der Waals surface area contributed by atoms with Crippen molar-refractivity contribution in [3.63, 3.8) is 0 Å². The molecule has 0 unspecified atom stereocenters. The predicted octanol–water partition coefficient (Wildman–Crippen LogP) is 0.869. The van der Waals surface area contributed by atoms with Crippen LogP contribution < -0.4 is 11.5 Å². The van der Waals surface area contributed by atoms with Crippen molar-refractivity contribution in [2.75, 3.05) is 40.3 Å². The highest BCUT2D eigenvalue weighted by atomic mass is 32.3. The Morgan fingerprint density at radius 2 is 1.22 bits per heavy atom. The number of rotatable bonds is 12. The van der Waals surface area contributed by atoms with E-state index in [1.807, 2.05) is 0 Å². The van der Waals surface area contributed by atoms with Crippen molar-refractivity contribution in [2.45, 2.75) is 75.5 Å². The minimum absolute atomic E-state index is 0.0656. The first kappa shape index (κ1) is 33.5. The molecule has 2 spiro atoms. The van der Waals surface area contributed by atoms with Gasteiger partial charge in [0.25, 0.3) is 0 Å².